The third kappa shape index (κ3) is 6.46. The summed E-state index contributed by atoms with van der Waals surface area (Å²) in [6.45, 7) is 1.75. The number of methoxy groups -OCH3 is 1. The molecular weight excluding hydrogens is 480 g/mol. The Hall–Kier alpha value is -2.88. The van der Waals surface area contributed by atoms with Crippen molar-refractivity contribution in [2.75, 3.05) is 13.7 Å². The highest BCUT2D eigenvalue weighted by Crippen LogP contribution is 2.37. The monoisotopic (exact) mass is 510 g/mol. The van der Waals surface area contributed by atoms with Gasteiger partial charge in [-0.1, -0.05) is 59.8 Å². The number of carbonyl (C=O) groups excluding carboxylic acids is 1. The fraction of sp³-hybridized carbons (Fsp3) is 0.321. The van der Waals surface area contributed by atoms with E-state index in [1.165, 1.54) is 11.8 Å². The lowest BCUT2D eigenvalue weighted by Crippen LogP contribution is -2.59. The summed E-state index contributed by atoms with van der Waals surface area (Å²) in [4.78, 5) is 13.9. The van der Waals surface area contributed by atoms with E-state index in [0.29, 0.717) is 5.56 Å². The second-order valence-corrected chi connectivity index (χ2v) is 9.68. The van der Waals surface area contributed by atoms with Crippen LogP contribution in [0.25, 0.3) is 0 Å². The van der Waals surface area contributed by atoms with Crippen LogP contribution in [0.15, 0.2) is 83.8 Å². The average molecular weight is 511 g/mol. The number of hydrogen-bond donors (Lipinski definition) is 2. The summed E-state index contributed by atoms with van der Waals surface area (Å²) < 4.78 is 23.3. The van der Waals surface area contributed by atoms with Gasteiger partial charge in [-0.15, -0.1) is 0 Å². The van der Waals surface area contributed by atoms with Crippen molar-refractivity contribution in [2.24, 2.45) is 0 Å². The van der Waals surface area contributed by atoms with Crippen molar-refractivity contribution in [3.8, 4) is 5.75 Å². The summed E-state index contributed by atoms with van der Waals surface area (Å²) in [6, 6.07) is 23.8. The molecule has 3 aromatic rings. The van der Waals surface area contributed by atoms with Crippen LogP contribution in [0.2, 0.25) is 0 Å². The van der Waals surface area contributed by atoms with Gasteiger partial charge in [-0.3, -0.25) is 0 Å². The van der Waals surface area contributed by atoms with Crippen molar-refractivity contribution in [3.63, 3.8) is 0 Å². The lowest BCUT2D eigenvalue weighted by Gasteiger charge is -2.43. The molecule has 0 spiro atoms. The third-order valence-corrected chi connectivity index (χ3v) is 7.08. The maximum Gasteiger partial charge on any atom is 0.338 e. The van der Waals surface area contributed by atoms with Crippen molar-refractivity contribution in [1.29, 1.82) is 0 Å². The molecule has 0 amide bonds. The molecule has 7 nitrogen and oxygen atoms in total. The second-order valence-electron chi connectivity index (χ2n) is 8.51. The Labute approximate surface area is 215 Å². The SMILES string of the molecule is COc1ccc(CO[C@H]2[C@H](O)[C@@H](CO)O[C@@H](Sc3ccc(C)cc3)[C@@H]2OC(=O)c2ccccc2)cc1. The lowest BCUT2D eigenvalue weighted by molar-refractivity contribution is -0.223. The van der Waals surface area contributed by atoms with Crippen LogP contribution in [0.5, 0.6) is 5.75 Å². The Morgan fingerprint density at radius 1 is 0.972 bits per heavy atom. The number of hydrogen-bond acceptors (Lipinski definition) is 8. The number of carbonyl (C=O) groups is 1. The maximum absolute atomic E-state index is 13.0. The number of thioether (sulfide) groups is 1. The molecule has 5 atom stereocenters. The zero-order valence-corrected chi connectivity index (χ0v) is 21.0. The molecule has 1 aliphatic rings. The molecule has 1 heterocycles. The quantitative estimate of drug-likeness (QED) is 0.418. The Bertz CT molecular complexity index is 1110. The van der Waals surface area contributed by atoms with E-state index in [1.54, 1.807) is 31.4 Å². The van der Waals surface area contributed by atoms with E-state index in [-0.39, 0.29) is 6.61 Å². The van der Waals surface area contributed by atoms with Gasteiger partial charge in [0.2, 0.25) is 0 Å². The van der Waals surface area contributed by atoms with Crippen LogP contribution in [0, 0.1) is 6.92 Å². The maximum atomic E-state index is 13.0. The van der Waals surface area contributed by atoms with Gasteiger partial charge in [0.25, 0.3) is 0 Å². The number of aliphatic hydroxyl groups is 2. The molecule has 0 saturated carbocycles. The molecule has 2 N–H and O–H groups in total. The van der Waals surface area contributed by atoms with Gasteiger partial charge in [0.1, 0.15) is 29.5 Å². The standard InChI is InChI=1S/C28H30O7S/c1-18-8-14-22(15-9-18)36-28-26(35-27(31)20-6-4-3-5-7-20)25(24(30)23(16-29)34-28)33-17-19-10-12-21(32-2)13-11-19/h3-15,23-26,28-30H,16-17H2,1-2H3/t23-,24-,25+,26-,28+/m1/s1. The first-order chi connectivity index (χ1) is 17.5. The molecule has 0 bridgehead atoms. The molecule has 1 saturated heterocycles. The fourth-order valence-electron chi connectivity index (χ4n) is 3.88. The summed E-state index contributed by atoms with van der Waals surface area (Å²) in [5, 5.41) is 20.9. The molecule has 190 valence electrons. The largest absolute Gasteiger partial charge is 0.497 e. The number of rotatable bonds is 9. The number of aryl methyl sites for hydroxylation is 1. The Morgan fingerprint density at radius 2 is 1.67 bits per heavy atom. The van der Waals surface area contributed by atoms with Gasteiger partial charge in [0.15, 0.2) is 6.10 Å². The highest BCUT2D eigenvalue weighted by Gasteiger charge is 2.48. The molecule has 8 heteroatoms. The van der Waals surface area contributed by atoms with Gasteiger partial charge in [0.05, 0.1) is 25.9 Å². The first-order valence-electron chi connectivity index (χ1n) is 11.7. The van der Waals surface area contributed by atoms with E-state index in [2.05, 4.69) is 0 Å². The van der Waals surface area contributed by atoms with Gasteiger partial charge in [0, 0.05) is 4.90 Å². The molecule has 1 aliphatic heterocycles. The van der Waals surface area contributed by atoms with Gasteiger partial charge >= 0.3 is 5.97 Å². The van der Waals surface area contributed by atoms with Crippen LogP contribution in [-0.4, -0.2) is 59.8 Å². The lowest BCUT2D eigenvalue weighted by atomic mass is 9.99. The van der Waals surface area contributed by atoms with Crippen molar-refractivity contribution >= 4 is 17.7 Å². The number of benzene rings is 3. The van der Waals surface area contributed by atoms with Crippen LogP contribution in [0.3, 0.4) is 0 Å². The number of ether oxygens (including phenoxy) is 4. The molecule has 0 aliphatic carbocycles. The second kappa shape index (κ2) is 12.4. The normalized spacial score (nSPS) is 23.7. The average Bonchev–Trinajstić information content (AvgIpc) is 2.91. The van der Waals surface area contributed by atoms with E-state index in [1.807, 2.05) is 61.5 Å². The van der Waals surface area contributed by atoms with E-state index >= 15 is 0 Å². The summed E-state index contributed by atoms with van der Waals surface area (Å²) in [6.07, 6.45) is -3.99. The predicted molar refractivity (Wildman–Crippen MR) is 136 cm³/mol. The van der Waals surface area contributed by atoms with Gasteiger partial charge in [-0.25, -0.2) is 4.79 Å². The smallest absolute Gasteiger partial charge is 0.338 e. The summed E-state index contributed by atoms with van der Waals surface area (Å²) >= 11 is 1.35. The minimum absolute atomic E-state index is 0.158. The summed E-state index contributed by atoms with van der Waals surface area (Å²) in [5.41, 5.74) is 1.62. The van der Waals surface area contributed by atoms with Gasteiger partial charge in [-0.2, -0.15) is 0 Å². The Balaban J connectivity index is 1.60. The predicted octanol–water partition coefficient (Wildman–Crippen LogP) is 3.98. The van der Waals surface area contributed by atoms with Crippen LogP contribution in [-0.2, 0) is 20.8 Å². The molecule has 3 aromatic carbocycles. The van der Waals surface area contributed by atoms with Gasteiger partial charge in [-0.05, 0) is 48.9 Å². The topological polar surface area (TPSA) is 94.5 Å². The Morgan fingerprint density at radius 3 is 2.31 bits per heavy atom. The molecule has 36 heavy (non-hydrogen) atoms. The highest BCUT2D eigenvalue weighted by molar-refractivity contribution is 7.99. The van der Waals surface area contributed by atoms with Crippen molar-refractivity contribution < 1.29 is 34.0 Å². The highest BCUT2D eigenvalue weighted by atomic mass is 32.2. The fourth-order valence-corrected chi connectivity index (χ4v) is 4.99. The van der Waals surface area contributed by atoms with E-state index in [0.717, 1.165) is 21.8 Å². The molecule has 0 aromatic heterocycles. The zero-order chi connectivity index (χ0) is 25.5. The van der Waals surface area contributed by atoms with Crippen molar-refractivity contribution in [2.45, 2.75) is 48.3 Å². The zero-order valence-electron chi connectivity index (χ0n) is 20.2. The first kappa shape index (κ1) is 26.2. The number of esters is 1. The van der Waals surface area contributed by atoms with E-state index in [4.69, 9.17) is 18.9 Å². The van der Waals surface area contributed by atoms with Crippen LogP contribution >= 0.6 is 11.8 Å². The minimum atomic E-state index is -1.21. The number of aliphatic hydroxyl groups excluding tert-OH is 2. The van der Waals surface area contributed by atoms with Crippen molar-refractivity contribution in [1.82, 2.24) is 0 Å². The van der Waals surface area contributed by atoms with E-state index < -0.39 is 42.4 Å². The minimum Gasteiger partial charge on any atom is -0.497 e. The first-order valence-corrected chi connectivity index (χ1v) is 12.5. The van der Waals surface area contributed by atoms with Crippen LogP contribution in [0.4, 0.5) is 0 Å². The molecule has 1 fully saturated rings. The molecule has 0 radical (unpaired) electrons. The van der Waals surface area contributed by atoms with Crippen molar-refractivity contribution in [3.05, 3.63) is 95.6 Å². The summed E-state index contributed by atoms with van der Waals surface area (Å²) in [5.74, 6) is 0.167. The van der Waals surface area contributed by atoms with Gasteiger partial charge < -0.3 is 29.2 Å². The third-order valence-electron chi connectivity index (χ3n) is 5.93. The summed E-state index contributed by atoms with van der Waals surface area (Å²) in [7, 11) is 1.59. The van der Waals surface area contributed by atoms with Crippen LogP contribution in [0.1, 0.15) is 21.5 Å². The molecule has 0 unspecified atom stereocenters. The van der Waals surface area contributed by atoms with Crippen LogP contribution < -0.4 is 4.74 Å². The van der Waals surface area contributed by atoms with E-state index in [9.17, 15) is 15.0 Å². The Kier molecular flexibility index (Phi) is 9.01. The molecule has 4 rings (SSSR count). The molecular formula is C28H30O7S.